The number of carbonyl (C=O) groups is 3. The normalized spacial score (nSPS) is 20.2. The Kier molecular flexibility index (Phi) is 6.15. The van der Waals surface area contributed by atoms with Gasteiger partial charge in [-0.05, 0) is 67.0 Å². The molecule has 1 saturated carbocycles. The Morgan fingerprint density at radius 3 is 2.30 bits per heavy atom. The quantitative estimate of drug-likeness (QED) is 0.616. The van der Waals surface area contributed by atoms with Crippen LogP contribution in [0.4, 0.5) is 10.5 Å². The van der Waals surface area contributed by atoms with E-state index in [2.05, 4.69) is 31.3 Å². The second kappa shape index (κ2) is 8.89. The predicted molar refractivity (Wildman–Crippen MR) is 126 cm³/mol. The van der Waals surface area contributed by atoms with E-state index in [9.17, 15) is 14.4 Å². The minimum atomic E-state index is -0.908. The van der Waals surface area contributed by atoms with Gasteiger partial charge in [0.1, 0.15) is 17.8 Å². The third-order valence-corrected chi connectivity index (χ3v) is 6.66. The molecule has 4 rings (SSSR count). The van der Waals surface area contributed by atoms with Gasteiger partial charge in [0.15, 0.2) is 0 Å². The van der Waals surface area contributed by atoms with Crippen molar-refractivity contribution in [1.29, 1.82) is 0 Å². The highest BCUT2D eigenvalue weighted by molar-refractivity contribution is 6.10. The van der Waals surface area contributed by atoms with Crippen LogP contribution in [-0.4, -0.2) is 41.9 Å². The Balaban J connectivity index is 1.57. The number of carbonyl (C=O) groups excluding carboxylic acids is 3. The van der Waals surface area contributed by atoms with Crippen LogP contribution < -0.4 is 15.0 Å². The van der Waals surface area contributed by atoms with Crippen LogP contribution in [0.2, 0.25) is 0 Å². The third kappa shape index (κ3) is 4.58. The standard InChI is InChI=1S/C26H31N3O4/c1-17(2)19-7-5-18(6-8-19)15-28(21-11-13-22(33-4)14-12-21)23(30)16-29-24(31)26(3,20-9-10-20)27-25(29)32/h5-8,11-14,17,20H,9-10,15-16H2,1-4H3,(H,27,32). The van der Waals surface area contributed by atoms with E-state index < -0.39 is 11.6 Å². The number of hydrogen-bond donors (Lipinski definition) is 1. The number of ether oxygens (including phenoxy) is 1. The first-order valence-corrected chi connectivity index (χ1v) is 11.4. The Morgan fingerprint density at radius 1 is 1.12 bits per heavy atom. The van der Waals surface area contributed by atoms with Crippen LogP contribution in [0.3, 0.4) is 0 Å². The van der Waals surface area contributed by atoms with Crippen LogP contribution in [0.15, 0.2) is 48.5 Å². The Labute approximate surface area is 194 Å². The molecule has 1 aliphatic heterocycles. The highest BCUT2D eigenvalue weighted by atomic mass is 16.5. The van der Waals surface area contributed by atoms with E-state index in [1.165, 1.54) is 5.56 Å². The number of hydrogen-bond acceptors (Lipinski definition) is 4. The van der Waals surface area contributed by atoms with E-state index in [1.54, 1.807) is 43.2 Å². The fourth-order valence-electron chi connectivity index (χ4n) is 4.29. The zero-order valence-electron chi connectivity index (χ0n) is 19.6. The van der Waals surface area contributed by atoms with Crippen molar-refractivity contribution in [1.82, 2.24) is 10.2 Å². The largest absolute Gasteiger partial charge is 0.497 e. The zero-order chi connectivity index (χ0) is 23.8. The smallest absolute Gasteiger partial charge is 0.325 e. The lowest BCUT2D eigenvalue weighted by molar-refractivity contribution is -0.134. The number of nitrogens with zero attached hydrogens (tertiary/aromatic N) is 2. The topological polar surface area (TPSA) is 79.0 Å². The Morgan fingerprint density at radius 2 is 1.76 bits per heavy atom. The SMILES string of the molecule is COc1ccc(N(Cc2ccc(C(C)C)cc2)C(=O)CN2C(=O)NC(C)(C3CC3)C2=O)cc1. The molecule has 4 amide bonds. The first-order chi connectivity index (χ1) is 15.7. The van der Waals surface area contributed by atoms with Crippen LogP contribution in [0.1, 0.15) is 50.7 Å². The van der Waals surface area contributed by atoms with Crippen molar-refractivity contribution in [3.05, 3.63) is 59.7 Å². The average molecular weight is 450 g/mol. The number of anilines is 1. The summed E-state index contributed by atoms with van der Waals surface area (Å²) in [5.74, 6) is 0.600. The molecule has 0 spiro atoms. The number of rotatable bonds is 8. The number of amides is 4. The molecule has 2 fully saturated rings. The van der Waals surface area contributed by atoms with Gasteiger partial charge in [-0.2, -0.15) is 0 Å². The molecule has 0 bridgehead atoms. The lowest BCUT2D eigenvalue weighted by atomic mass is 9.96. The molecule has 1 atom stereocenters. The lowest BCUT2D eigenvalue weighted by Gasteiger charge is -2.26. The fourth-order valence-corrected chi connectivity index (χ4v) is 4.29. The van der Waals surface area contributed by atoms with Gasteiger partial charge < -0.3 is 15.0 Å². The van der Waals surface area contributed by atoms with Crippen molar-refractivity contribution >= 4 is 23.5 Å². The van der Waals surface area contributed by atoms with Gasteiger partial charge in [0.25, 0.3) is 5.91 Å². The second-order valence-corrected chi connectivity index (χ2v) is 9.37. The van der Waals surface area contributed by atoms with E-state index in [1.807, 2.05) is 12.1 Å². The van der Waals surface area contributed by atoms with E-state index in [-0.39, 0.29) is 24.3 Å². The number of methoxy groups -OCH3 is 1. The summed E-state index contributed by atoms with van der Waals surface area (Å²) in [6, 6.07) is 14.8. The molecule has 1 unspecified atom stereocenters. The van der Waals surface area contributed by atoms with Crippen LogP contribution in [0.5, 0.6) is 5.75 Å². The maximum Gasteiger partial charge on any atom is 0.325 e. The van der Waals surface area contributed by atoms with Gasteiger partial charge >= 0.3 is 6.03 Å². The Bertz CT molecular complexity index is 1040. The summed E-state index contributed by atoms with van der Waals surface area (Å²) in [6.07, 6.45) is 1.82. The molecular formula is C26H31N3O4. The van der Waals surface area contributed by atoms with Crippen molar-refractivity contribution in [3.63, 3.8) is 0 Å². The monoisotopic (exact) mass is 449 g/mol. The molecule has 1 N–H and O–H groups in total. The lowest BCUT2D eigenvalue weighted by Crippen LogP contribution is -2.47. The van der Waals surface area contributed by atoms with Gasteiger partial charge in [0.2, 0.25) is 5.91 Å². The van der Waals surface area contributed by atoms with Gasteiger partial charge in [-0.25, -0.2) is 4.79 Å². The van der Waals surface area contributed by atoms with Gasteiger partial charge in [-0.15, -0.1) is 0 Å². The molecule has 0 aromatic heterocycles. The molecule has 7 nitrogen and oxygen atoms in total. The van der Waals surface area contributed by atoms with Crippen LogP contribution in [0.25, 0.3) is 0 Å². The van der Waals surface area contributed by atoms with Crippen molar-refractivity contribution in [2.75, 3.05) is 18.6 Å². The summed E-state index contributed by atoms with van der Waals surface area (Å²) < 4.78 is 5.24. The predicted octanol–water partition coefficient (Wildman–Crippen LogP) is 4.07. The van der Waals surface area contributed by atoms with E-state index in [0.29, 0.717) is 23.9 Å². The maximum absolute atomic E-state index is 13.4. The van der Waals surface area contributed by atoms with E-state index in [0.717, 1.165) is 23.3 Å². The molecular weight excluding hydrogens is 418 g/mol. The molecule has 33 heavy (non-hydrogen) atoms. The summed E-state index contributed by atoms with van der Waals surface area (Å²) in [5.41, 5.74) is 1.95. The van der Waals surface area contributed by atoms with Gasteiger partial charge in [-0.3, -0.25) is 14.5 Å². The summed E-state index contributed by atoms with van der Waals surface area (Å²) in [6.45, 7) is 6.05. The third-order valence-electron chi connectivity index (χ3n) is 6.66. The van der Waals surface area contributed by atoms with Crippen molar-refractivity contribution < 1.29 is 19.1 Å². The molecule has 1 heterocycles. The highest BCUT2D eigenvalue weighted by Gasteiger charge is 2.56. The summed E-state index contributed by atoms with van der Waals surface area (Å²) >= 11 is 0. The highest BCUT2D eigenvalue weighted by Crippen LogP contribution is 2.42. The first kappa shape index (κ1) is 22.8. The molecule has 0 radical (unpaired) electrons. The number of imide groups is 1. The molecule has 174 valence electrons. The minimum absolute atomic E-state index is 0.145. The number of benzene rings is 2. The second-order valence-electron chi connectivity index (χ2n) is 9.37. The van der Waals surface area contributed by atoms with Crippen LogP contribution in [-0.2, 0) is 16.1 Å². The van der Waals surface area contributed by atoms with Crippen molar-refractivity contribution in [3.8, 4) is 5.75 Å². The van der Waals surface area contributed by atoms with Crippen molar-refractivity contribution in [2.24, 2.45) is 5.92 Å². The van der Waals surface area contributed by atoms with Crippen LogP contribution >= 0.6 is 0 Å². The van der Waals surface area contributed by atoms with Gasteiger partial charge in [0.05, 0.1) is 13.7 Å². The van der Waals surface area contributed by atoms with E-state index in [4.69, 9.17) is 4.74 Å². The molecule has 2 aliphatic rings. The summed E-state index contributed by atoms with van der Waals surface area (Å²) in [7, 11) is 1.59. The summed E-state index contributed by atoms with van der Waals surface area (Å²) in [5, 5.41) is 2.81. The molecule has 7 heteroatoms. The molecule has 2 aromatic rings. The summed E-state index contributed by atoms with van der Waals surface area (Å²) in [4.78, 5) is 41.7. The first-order valence-electron chi connectivity index (χ1n) is 11.4. The molecule has 2 aromatic carbocycles. The number of urea groups is 1. The molecule has 1 saturated heterocycles. The maximum atomic E-state index is 13.4. The zero-order valence-corrected chi connectivity index (χ0v) is 19.6. The average Bonchev–Trinajstić information content (AvgIpc) is 3.64. The van der Waals surface area contributed by atoms with Gasteiger partial charge in [-0.1, -0.05) is 38.1 Å². The number of nitrogens with one attached hydrogen (secondary N) is 1. The molecule has 1 aliphatic carbocycles. The minimum Gasteiger partial charge on any atom is -0.497 e. The van der Waals surface area contributed by atoms with E-state index >= 15 is 0 Å². The van der Waals surface area contributed by atoms with Crippen molar-refractivity contribution in [2.45, 2.75) is 51.6 Å². The Hall–Kier alpha value is -3.35. The van der Waals surface area contributed by atoms with Crippen LogP contribution in [0, 0.1) is 5.92 Å². The van der Waals surface area contributed by atoms with Gasteiger partial charge in [0, 0.05) is 5.69 Å². The fraction of sp³-hybridized carbons (Fsp3) is 0.423.